The van der Waals surface area contributed by atoms with Crippen LogP contribution in [0.4, 0.5) is 15.8 Å². The van der Waals surface area contributed by atoms with E-state index in [-0.39, 0.29) is 30.6 Å². The number of halogens is 1. The third-order valence-electron chi connectivity index (χ3n) is 5.55. The van der Waals surface area contributed by atoms with Crippen molar-refractivity contribution in [2.24, 2.45) is 4.99 Å². The number of pyridine rings is 1. The molecule has 1 aliphatic heterocycles. The van der Waals surface area contributed by atoms with E-state index in [0.717, 1.165) is 22.2 Å². The molecule has 2 amide bonds. The zero-order chi connectivity index (χ0) is 24.2. The first-order chi connectivity index (χ1) is 17.1. The van der Waals surface area contributed by atoms with Gasteiger partial charge in [0.15, 0.2) is 5.17 Å². The number of amides is 2. The lowest BCUT2D eigenvalue weighted by atomic mass is 10.1. The number of benzene rings is 3. The van der Waals surface area contributed by atoms with E-state index in [1.807, 2.05) is 60.7 Å². The van der Waals surface area contributed by atoms with Gasteiger partial charge in [-0.3, -0.25) is 19.5 Å². The Bertz CT molecular complexity index is 1400. The summed E-state index contributed by atoms with van der Waals surface area (Å²) < 4.78 is 13.2. The Morgan fingerprint density at radius 2 is 1.77 bits per heavy atom. The van der Waals surface area contributed by atoms with Gasteiger partial charge in [0.25, 0.3) is 0 Å². The first kappa shape index (κ1) is 22.7. The number of hydrogen-bond acceptors (Lipinski definition) is 5. The number of rotatable bonds is 6. The molecule has 0 saturated carbocycles. The lowest BCUT2D eigenvalue weighted by Gasteiger charge is -2.16. The zero-order valence-electron chi connectivity index (χ0n) is 18.6. The van der Waals surface area contributed by atoms with Crippen LogP contribution in [0.5, 0.6) is 0 Å². The van der Waals surface area contributed by atoms with Gasteiger partial charge in [-0.25, -0.2) is 9.38 Å². The maximum atomic E-state index is 13.4. The minimum Gasteiger partial charge on any atom is -0.326 e. The lowest BCUT2D eigenvalue weighted by Crippen LogP contribution is -2.33. The fraction of sp³-hybridized carbons (Fsp3) is 0.111. The van der Waals surface area contributed by atoms with E-state index in [1.165, 1.54) is 36.0 Å². The minimum atomic E-state index is -0.632. The largest absolute Gasteiger partial charge is 0.326 e. The van der Waals surface area contributed by atoms with Crippen LogP contribution < -0.4 is 5.32 Å². The highest BCUT2D eigenvalue weighted by Gasteiger charge is 2.39. The van der Waals surface area contributed by atoms with E-state index < -0.39 is 5.25 Å². The van der Waals surface area contributed by atoms with Crippen molar-refractivity contribution in [1.29, 1.82) is 0 Å². The quantitative estimate of drug-likeness (QED) is 0.390. The summed E-state index contributed by atoms with van der Waals surface area (Å²) in [6.45, 7) is 0.256. The van der Waals surface area contributed by atoms with Gasteiger partial charge in [-0.15, -0.1) is 0 Å². The first-order valence-corrected chi connectivity index (χ1v) is 11.9. The predicted molar refractivity (Wildman–Crippen MR) is 137 cm³/mol. The highest BCUT2D eigenvalue weighted by atomic mass is 32.2. The molecule has 1 atom stereocenters. The van der Waals surface area contributed by atoms with Crippen LogP contribution in [0.25, 0.3) is 10.8 Å². The number of anilines is 1. The normalized spacial score (nSPS) is 16.7. The van der Waals surface area contributed by atoms with Gasteiger partial charge >= 0.3 is 0 Å². The average Bonchev–Trinajstić information content (AvgIpc) is 3.15. The number of aromatic nitrogens is 1. The summed E-state index contributed by atoms with van der Waals surface area (Å²) in [6, 6.07) is 24.8. The zero-order valence-corrected chi connectivity index (χ0v) is 19.4. The van der Waals surface area contributed by atoms with Crippen molar-refractivity contribution in [3.05, 3.63) is 103 Å². The Morgan fingerprint density at radius 3 is 2.57 bits per heavy atom. The van der Waals surface area contributed by atoms with E-state index in [9.17, 15) is 14.0 Å². The maximum Gasteiger partial charge on any atom is 0.243 e. The monoisotopic (exact) mass is 484 g/mol. The lowest BCUT2D eigenvalue weighted by molar-refractivity contribution is -0.128. The summed E-state index contributed by atoms with van der Waals surface area (Å²) >= 11 is 1.27. The number of nitrogens with zero attached hydrogens (tertiary/aromatic N) is 3. The fourth-order valence-corrected chi connectivity index (χ4v) is 5.00. The summed E-state index contributed by atoms with van der Waals surface area (Å²) in [5, 5.41) is 4.65. The molecule has 174 valence electrons. The van der Waals surface area contributed by atoms with E-state index in [0.29, 0.717) is 10.9 Å². The SMILES string of the molecule is O=C(CC1SC(=Nc2cccc3ccccc23)N(Cc2ccccn2)C1=O)Nc1ccc(F)cc1. The van der Waals surface area contributed by atoms with Crippen molar-refractivity contribution in [3.8, 4) is 0 Å². The molecule has 1 aliphatic rings. The molecule has 1 saturated heterocycles. The van der Waals surface area contributed by atoms with E-state index in [2.05, 4.69) is 10.3 Å². The Kier molecular flexibility index (Phi) is 6.54. The van der Waals surface area contributed by atoms with Gasteiger partial charge in [-0.2, -0.15) is 0 Å². The number of nitrogens with one attached hydrogen (secondary N) is 1. The molecule has 6 nitrogen and oxygen atoms in total. The first-order valence-electron chi connectivity index (χ1n) is 11.1. The summed E-state index contributed by atoms with van der Waals surface area (Å²) in [6.07, 6.45) is 1.65. The Hall–Kier alpha value is -4.04. The third-order valence-corrected chi connectivity index (χ3v) is 6.72. The third kappa shape index (κ3) is 5.22. The van der Waals surface area contributed by atoms with Gasteiger partial charge < -0.3 is 5.32 Å². The topological polar surface area (TPSA) is 74.7 Å². The predicted octanol–water partition coefficient (Wildman–Crippen LogP) is 5.53. The molecular weight excluding hydrogens is 463 g/mol. The van der Waals surface area contributed by atoms with Crippen molar-refractivity contribution >= 4 is 50.9 Å². The summed E-state index contributed by atoms with van der Waals surface area (Å²) in [7, 11) is 0. The maximum absolute atomic E-state index is 13.4. The molecule has 4 aromatic rings. The Morgan fingerprint density at radius 1 is 1.00 bits per heavy atom. The van der Waals surface area contributed by atoms with Crippen LogP contribution in [0, 0.1) is 5.82 Å². The standard InChI is InChI=1S/C27H21FN4O2S/c28-19-11-13-20(14-12-19)30-25(33)16-24-26(34)32(17-21-8-3-4-15-29-21)27(35-24)31-23-10-5-7-18-6-1-2-9-22(18)23/h1-15,24H,16-17H2,(H,30,33). The molecule has 1 N–H and O–H groups in total. The Balaban J connectivity index is 1.42. The van der Waals surface area contributed by atoms with Crippen LogP contribution in [0.3, 0.4) is 0 Å². The number of hydrogen-bond donors (Lipinski definition) is 1. The van der Waals surface area contributed by atoms with Gasteiger partial charge in [-0.1, -0.05) is 54.2 Å². The van der Waals surface area contributed by atoms with Gasteiger partial charge in [0.05, 0.1) is 17.9 Å². The molecule has 1 unspecified atom stereocenters. The smallest absolute Gasteiger partial charge is 0.243 e. The number of amidine groups is 1. The number of thioether (sulfide) groups is 1. The van der Waals surface area contributed by atoms with Crippen molar-refractivity contribution in [2.45, 2.75) is 18.2 Å². The van der Waals surface area contributed by atoms with Crippen LogP contribution in [-0.2, 0) is 16.1 Å². The average molecular weight is 485 g/mol. The number of aliphatic imine (C=N–C) groups is 1. The molecule has 35 heavy (non-hydrogen) atoms. The summed E-state index contributed by atoms with van der Waals surface area (Å²) in [4.78, 5) is 36.8. The number of fused-ring (bicyclic) bond motifs is 1. The highest BCUT2D eigenvalue weighted by Crippen LogP contribution is 2.35. The molecule has 5 rings (SSSR count). The van der Waals surface area contributed by atoms with Crippen LogP contribution in [0.1, 0.15) is 12.1 Å². The molecule has 0 bridgehead atoms. The van der Waals surface area contributed by atoms with E-state index >= 15 is 0 Å². The molecule has 3 aromatic carbocycles. The molecule has 0 spiro atoms. The second kappa shape index (κ2) is 10.1. The van der Waals surface area contributed by atoms with Gasteiger partial charge in [0, 0.05) is 23.7 Å². The van der Waals surface area contributed by atoms with Crippen LogP contribution in [0.2, 0.25) is 0 Å². The second-order valence-electron chi connectivity index (χ2n) is 8.00. The minimum absolute atomic E-state index is 0.0336. The van der Waals surface area contributed by atoms with Crippen molar-refractivity contribution < 1.29 is 14.0 Å². The van der Waals surface area contributed by atoms with Gasteiger partial charge in [0.2, 0.25) is 11.8 Å². The van der Waals surface area contributed by atoms with Crippen molar-refractivity contribution in [2.75, 3.05) is 5.32 Å². The summed E-state index contributed by atoms with van der Waals surface area (Å²) in [5.41, 5.74) is 1.95. The molecule has 8 heteroatoms. The number of carbonyl (C=O) groups excluding carboxylic acids is 2. The highest BCUT2D eigenvalue weighted by molar-refractivity contribution is 8.15. The molecular formula is C27H21FN4O2S. The fourth-order valence-electron chi connectivity index (χ4n) is 3.85. The van der Waals surface area contributed by atoms with Crippen molar-refractivity contribution in [1.82, 2.24) is 9.88 Å². The molecule has 2 heterocycles. The Labute approximate surface area is 205 Å². The van der Waals surface area contributed by atoms with Crippen LogP contribution in [0.15, 0.2) is 96.1 Å². The molecule has 1 aromatic heterocycles. The molecule has 1 fully saturated rings. The van der Waals surface area contributed by atoms with Crippen LogP contribution >= 0.6 is 11.8 Å². The van der Waals surface area contributed by atoms with E-state index in [1.54, 1.807) is 11.1 Å². The van der Waals surface area contributed by atoms with Crippen molar-refractivity contribution in [3.63, 3.8) is 0 Å². The summed E-state index contributed by atoms with van der Waals surface area (Å²) in [5.74, 6) is -0.912. The van der Waals surface area contributed by atoms with Crippen LogP contribution in [-0.4, -0.2) is 32.1 Å². The molecule has 0 aliphatic carbocycles. The molecule has 0 radical (unpaired) electrons. The van der Waals surface area contributed by atoms with Gasteiger partial charge in [0.1, 0.15) is 11.1 Å². The second-order valence-corrected chi connectivity index (χ2v) is 9.17. The van der Waals surface area contributed by atoms with Gasteiger partial charge in [-0.05, 0) is 47.9 Å². The number of carbonyl (C=O) groups is 2. The van der Waals surface area contributed by atoms with E-state index in [4.69, 9.17) is 4.99 Å².